The van der Waals surface area contributed by atoms with Crippen LogP contribution < -0.4 is 0 Å². The summed E-state index contributed by atoms with van der Waals surface area (Å²) >= 11 is 0. The van der Waals surface area contributed by atoms with Gasteiger partial charge in [0.15, 0.2) is 0 Å². The molecule has 0 spiro atoms. The Balaban J connectivity index is 2.28. The molecule has 0 aromatic carbocycles. The summed E-state index contributed by atoms with van der Waals surface area (Å²) in [5.41, 5.74) is 0.814. The molecule has 54 valence electrons. The van der Waals surface area contributed by atoms with Gasteiger partial charge in [0, 0.05) is 0 Å². The maximum absolute atomic E-state index is 2.34. The molecule has 9 heavy (non-hydrogen) atoms. The fraction of sp³-hybridized carbons (Fsp3) is 1.00. The predicted molar refractivity (Wildman–Crippen MR) is 41.5 cm³/mol. The summed E-state index contributed by atoms with van der Waals surface area (Å²) in [5.74, 6) is 0. The van der Waals surface area contributed by atoms with Gasteiger partial charge in [-0.2, -0.15) is 0 Å². The molecule has 1 saturated carbocycles. The van der Waals surface area contributed by atoms with Crippen molar-refractivity contribution in [1.29, 1.82) is 0 Å². The molecule has 0 bridgehead atoms. The summed E-state index contributed by atoms with van der Waals surface area (Å²) < 4.78 is 0. The highest BCUT2D eigenvalue weighted by atomic mass is 14.4. The summed E-state index contributed by atoms with van der Waals surface area (Å²) in [4.78, 5) is 0. The van der Waals surface area contributed by atoms with Crippen molar-refractivity contribution < 1.29 is 0 Å². The maximum Gasteiger partial charge on any atom is -0.0300 e. The van der Waals surface area contributed by atoms with Crippen molar-refractivity contribution in [3.63, 3.8) is 0 Å². The van der Waals surface area contributed by atoms with E-state index in [9.17, 15) is 0 Å². The molecule has 0 amide bonds. The Kier molecular flexibility index (Phi) is 2.15. The molecule has 0 unspecified atom stereocenters. The van der Waals surface area contributed by atoms with Crippen LogP contribution in [-0.2, 0) is 0 Å². The van der Waals surface area contributed by atoms with Gasteiger partial charge in [-0.15, -0.1) is 0 Å². The smallest absolute Gasteiger partial charge is 0.0300 e. The van der Waals surface area contributed by atoms with Crippen molar-refractivity contribution >= 4 is 0 Å². The van der Waals surface area contributed by atoms with Crippen molar-refractivity contribution in [2.24, 2.45) is 5.41 Å². The lowest BCUT2D eigenvalue weighted by Crippen LogP contribution is -2.27. The van der Waals surface area contributed by atoms with Crippen LogP contribution in [0.5, 0.6) is 0 Å². The monoisotopic (exact) mass is 126 g/mol. The molecule has 0 nitrogen and oxygen atoms in total. The van der Waals surface area contributed by atoms with Crippen molar-refractivity contribution in [2.45, 2.75) is 52.4 Å². The Labute approximate surface area is 58.7 Å². The van der Waals surface area contributed by atoms with Gasteiger partial charge in [0.2, 0.25) is 0 Å². The minimum absolute atomic E-state index is 0.814. The van der Waals surface area contributed by atoms with Crippen molar-refractivity contribution in [1.82, 2.24) is 0 Å². The summed E-state index contributed by atoms with van der Waals surface area (Å²) in [6.07, 6.45) is 8.79. The summed E-state index contributed by atoms with van der Waals surface area (Å²) in [7, 11) is 0. The SMILES string of the molecule is CCCC1(CC)CCC1. The van der Waals surface area contributed by atoms with Gasteiger partial charge >= 0.3 is 0 Å². The average molecular weight is 126 g/mol. The van der Waals surface area contributed by atoms with E-state index in [2.05, 4.69) is 13.8 Å². The second-order valence-electron chi connectivity index (χ2n) is 3.46. The zero-order valence-corrected chi connectivity index (χ0v) is 6.74. The lowest BCUT2D eigenvalue weighted by atomic mass is 9.65. The predicted octanol–water partition coefficient (Wildman–Crippen LogP) is 3.37. The minimum Gasteiger partial charge on any atom is -0.0654 e. The first-order valence-corrected chi connectivity index (χ1v) is 4.33. The fourth-order valence-corrected chi connectivity index (χ4v) is 1.99. The van der Waals surface area contributed by atoms with Gasteiger partial charge in [-0.05, 0) is 24.7 Å². The van der Waals surface area contributed by atoms with Crippen molar-refractivity contribution in [3.05, 3.63) is 0 Å². The van der Waals surface area contributed by atoms with E-state index in [0.29, 0.717) is 0 Å². The Bertz CT molecular complexity index is 74.5. The molecule has 0 atom stereocenters. The van der Waals surface area contributed by atoms with Gasteiger partial charge in [-0.1, -0.05) is 33.1 Å². The van der Waals surface area contributed by atoms with Gasteiger partial charge in [-0.25, -0.2) is 0 Å². The molecule has 0 aromatic heterocycles. The molecular weight excluding hydrogens is 108 g/mol. The molecule has 1 aliphatic carbocycles. The Morgan fingerprint density at radius 1 is 1.22 bits per heavy atom. The molecule has 0 saturated heterocycles. The first-order valence-electron chi connectivity index (χ1n) is 4.33. The zero-order valence-electron chi connectivity index (χ0n) is 6.74. The highest BCUT2D eigenvalue weighted by molar-refractivity contribution is 4.85. The third kappa shape index (κ3) is 1.28. The van der Waals surface area contributed by atoms with Crippen LogP contribution in [0.2, 0.25) is 0 Å². The highest BCUT2D eigenvalue weighted by Crippen LogP contribution is 2.47. The minimum atomic E-state index is 0.814. The Morgan fingerprint density at radius 2 is 1.89 bits per heavy atom. The Hall–Kier alpha value is 0. The normalized spacial score (nSPS) is 23.3. The highest BCUT2D eigenvalue weighted by Gasteiger charge is 2.33. The second-order valence-corrected chi connectivity index (χ2v) is 3.46. The molecule has 0 radical (unpaired) electrons. The van der Waals surface area contributed by atoms with Crippen LogP contribution in [0.15, 0.2) is 0 Å². The Morgan fingerprint density at radius 3 is 2.00 bits per heavy atom. The van der Waals surface area contributed by atoms with E-state index in [-0.39, 0.29) is 0 Å². The van der Waals surface area contributed by atoms with Crippen LogP contribution in [0.3, 0.4) is 0 Å². The first-order chi connectivity index (χ1) is 4.33. The molecule has 0 heteroatoms. The van der Waals surface area contributed by atoms with E-state index >= 15 is 0 Å². The molecular formula is C9H18. The van der Waals surface area contributed by atoms with Crippen LogP contribution in [0.4, 0.5) is 0 Å². The average Bonchev–Trinajstić information content (AvgIpc) is 1.79. The van der Waals surface area contributed by atoms with Gasteiger partial charge < -0.3 is 0 Å². The molecule has 1 fully saturated rings. The number of hydrogen-bond acceptors (Lipinski definition) is 0. The molecule has 0 N–H and O–H groups in total. The topological polar surface area (TPSA) is 0 Å². The van der Waals surface area contributed by atoms with Gasteiger partial charge in [-0.3, -0.25) is 0 Å². The van der Waals surface area contributed by atoms with Crippen molar-refractivity contribution in [2.75, 3.05) is 0 Å². The molecule has 0 heterocycles. The van der Waals surface area contributed by atoms with Crippen LogP contribution >= 0.6 is 0 Å². The van der Waals surface area contributed by atoms with Gasteiger partial charge in [0.25, 0.3) is 0 Å². The van der Waals surface area contributed by atoms with E-state index in [1.54, 1.807) is 0 Å². The summed E-state index contributed by atoms with van der Waals surface area (Å²) in [5, 5.41) is 0. The molecule has 0 aromatic rings. The lowest BCUT2D eigenvalue weighted by molar-refractivity contribution is 0.112. The van der Waals surface area contributed by atoms with E-state index in [0.717, 1.165) is 5.41 Å². The quantitative estimate of drug-likeness (QED) is 0.544. The van der Waals surface area contributed by atoms with E-state index in [1.165, 1.54) is 38.5 Å². The molecule has 0 aliphatic heterocycles. The van der Waals surface area contributed by atoms with E-state index in [4.69, 9.17) is 0 Å². The third-order valence-electron chi connectivity index (χ3n) is 2.94. The number of hydrogen-bond donors (Lipinski definition) is 0. The van der Waals surface area contributed by atoms with Gasteiger partial charge in [0.1, 0.15) is 0 Å². The second kappa shape index (κ2) is 2.72. The van der Waals surface area contributed by atoms with Crippen LogP contribution in [0.1, 0.15) is 52.4 Å². The summed E-state index contributed by atoms with van der Waals surface area (Å²) in [6.45, 7) is 4.64. The third-order valence-corrected chi connectivity index (χ3v) is 2.94. The van der Waals surface area contributed by atoms with Crippen LogP contribution in [0, 0.1) is 5.41 Å². The largest absolute Gasteiger partial charge is 0.0654 e. The first kappa shape index (κ1) is 7.11. The fourth-order valence-electron chi connectivity index (χ4n) is 1.99. The zero-order chi connectivity index (χ0) is 6.74. The van der Waals surface area contributed by atoms with E-state index < -0.39 is 0 Å². The van der Waals surface area contributed by atoms with Gasteiger partial charge in [0.05, 0.1) is 0 Å². The summed E-state index contributed by atoms with van der Waals surface area (Å²) in [6, 6.07) is 0. The number of rotatable bonds is 3. The standard InChI is InChI=1S/C9H18/c1-3-6-9(4-2)7-5-8-9/h3-8H2,1-2H3. The van der Waals surface area contributed by atoms with E-state index in [1.807, 2.05) is 0 Å². The van der Waals surface area contributed by atoms with Crippen LogP contribution in [0.25, 0.3) is 0 Å². The molecule has 1 rings (SSSR count). The van der Waals surface area contributed by atoms with Crippen LogP contribution in [-0.4, -0.2) is 0 Å². The molecule has 1 aliphatic rings. The maximum atomic E-state index is 2.34. The lowest BCUT2D eigenvalue weighted by Gasteiger charge is -2.41. The van der Waals surface area contributed by atoms with Crippen molar-refractivity contribution in [3.8, 4) is 0 Å².